The molecule has 0 atom stereocenters. The third-order valence-corrected chi connectivity index (χ3v) is 3.04. The molecule has 21 heavy (non-hydrogen) atoms. The minimum absolute atomic E-state index is 0.195. The van der Waals surface area contributed by atoms with Crippen molar-refractivity contribution >= 4 is 33.0 Å². The first-order valence-electron chi connectivity index (χ1n) is 5.92. The predicted molar refractivity (Wildman–Crippen MR) is 79.7 cm³/mol. The Kier molecular flexibility index (Phi) is 4.32. The van der Waals surface area contributed by atoms with Crippen LogP contribution in [0.2, 0.25) is 0 Å². The first kappa shape index (κ1) is 15.5. The molecule has 0 radical (unpaired) electrons. The Hall–Kier alpha value is -1.89. The Morgan fingerprint density at radius 2 is 1.86 bits per heavy atom. The van der Waals surface area contributed by atoms with Crippen LogP contribution in [0, 0.1) is 6.92 Å². The van der Waals surface area contributed by atoms with Gasteiger partial charge in [0.05, 0.1) is 5.69 Å². The molecule has 0 saturated heterocycles. The van der Waals surface area contributed by atoms with Gasteiger partial charge in [0.25, 0.3) is 0 Å². The van der Waals surface area contributed by atoms with E-state index in [0.717, 1.165) is 5.56 Å². The van der Waals surface area contributed by atoms with Crippen LogP contribution in [0.5, 0.6) is 5.75 Å². The quantitative estimate of drug-likeness (QED) is 0.758. The van der Waals surface area contributed by atoms with Gasteiger partial charge in [-0.3, -0.25) is 0 Å². The lowest BCUT2D eigenvalue weighted by Gasteiger charge is -2.15. The molecule has 3 nitrogen and oxygen atoms in total. The minimum atomic E-state index is -4.76. The van der Waals surface area contributed by atoms with Crippen molar-refractivity contribution < 1.29 is 17.9 Å². The number of aryl methyl sites for hydroxylation is 1. The van der Waals surface area contributed by atoms with Gasteiger partial charge in [-0.1, -0.05) is 15.9 Å². The number of hydrogen-bond acceptors (Lipinski definition) is 3. The largest absolute Gasteiger partial charge is 0.573 e. The van der Waals surface area contributed by atoms with Crippen molar-refractivity contribution in [2.75, 3.05) is 11.1 Å². The van der Waals surface area contributed by atoms with Crippen molar-refractivity contribution in [1.82, 2.24) is 0 Å². The molecule has 0 heterocycles. The average Bonchev–Trinajstić information content (AvgIpc) is 2.29. The topological polar surface area (TPSA) is 47.3 Å². The van der Waals surface area contributed by atoms with Gasteiger partial charge in [0.2, 0.25) is 0 Å². The van der Waals surface area contributed by atoms with Crippen LogP contribution in [-0.2, 0) is 0 Å². The summed E-state index contributed by atoms with van der Waals surface area (Å²) in [7, 11) is 0. The zero-order valence-electron chi connectivity index (χ0n) is 11.0. The third kappa shape index (κ3) is 4.56. The molecule has 0 unspecified atom stereocenters. The molecule has 0 aliphatic rings. The van der Waals surface area contributed by atoms with Gasteiger partial charge in [0, 0.05) is 15.8 Å². The van der Waals surface area contributed by atoms with Crippen molar-refractivity contribution in [1.29, 1.82) is 0 Å². The highest BCUT2D eigenvalue weighted by atomic mass is 79.9. The lowest BCUT2D eigenvalue weighted by atomic mass is 10.2. The van der Waals surface area contributed by atoms with Crippen LogP contribution in [0.4, 0.5) is 30.2 Å². The number of anilines is 3. The molecule has 7 heteroatoms. The normalized spacial score (nSPS) is 11.3. The Balaban J connectivity index is 2.34. The summed E-state index contributed by atoms with van der Waals surface area (Å²) < 4.78 is 41.8. The molecule has 0 fully saturated rings. The smallest absolute Gasteiger partial charge is 0.404 e. The Morgan fingerprint density at radius 3 is 2.48 bits per heavy atom. The molecule has 0 saturated carbocycles. The Bertz CT molecular complexity index is 639. The number of halogens is 4. The highest BCUT2D eigenvalue weighted by Crippen LogP contribution is 2.35. The maximum absolute atomic E-state index is 12.4. The maximum Gasteiger partial charge on any atom is 0.573 e. The monoisotopic (exact) mass is 360 g/mol. The third-order valence-electron chi connectivity index (χ3n) is 2.55. The fraction of sp³-hybridized carbons (Fsp3) is 0.143. The summed E-state index contributed by atoms with van der Waals surface area (Å²) >= 11 is 3.12. The fourth-order valence-electron chi connectivity index (χ4n) is 1.85. The summed E-state index contributed by atoms with van der Waals surface area (Å²) in [5.74, 6) is -0.322. The lowest BCUT2D eigenvalue weighted by Crippen LogP contribution is -2.18. The van der Waals surface area contributed by atoms with Crippen LogP contribution in [-0.4, -0.2) is 6.36 Å². The van der Waals surface area contributed by atoms with Crippen molar-refractivity contribution in [2.24, 2.45) is 0 Å². The van der Waals surface area contributed by atoms with Crippen molar-refractivity contribution in [2.45, 2.75) is 13.3 Å². The molecule has 0 bridgehead atoms. The van der Waals surface area contributed by atoms with E-state index in [0.29, 0.717) is 15.8 Å². The number of benzene rings is 2. The molecular formula is C14H12BrF3N2O. The number of rotatable bonds is 3. The van der Waals surface area contributed by atoms with Gasteiger partial charge in [-0.2, -0.15) is 0 Å². The highest BCUT2D eigenvalue weighted by molar-refractivity contribution is 9.10. The predicted octanol–water partition coefficient (Wildman–Crippen LogP) is 4.98. The Morgan fingerprint density at radius 1 is 1.14 bits per heavy atom. The van der Waals surface area contributed by atoms with E-state index in [1.807, 2.05) is 6.92 Å². The number of nitrogen functional groups attached to an aromatic ring is 1. The van der Waals surface area contributed by atoms with Gasteiger partial charge in [0.1, 0.15) is 0 Å². The van der Waals surface area contributed by atoms with Crippen molar-refractivity contribution in [3.05, 3.63) is 46.4 Å². The van der Waals surface area contributed by atoms with Gasteiger partial charge < -0.3 is 15.8 Å². The van der Waals surface area contributed by atoms with Crippen LogP contribution in [0.25, 0.3) is 0 Å². The van der Waals surface area contributed by atoms with Gasteiger partial charge >= 0.3 is 6.36 Å². The van der Waals surface area contributed by atoms with Crippen LogP contribution in [0.1, 0.15) is 5.56 Å². The van der Waals surface area contributed by atoms with E-state index in [1.165, 1.54) is 12.1 Å². The zero-order valence-corrected chi connectivity index (χ0v) is 12.5. The molecule has 2 aromatic carbocycles. The van der Waals surface area contributed by atoms with Crippen LogP contribution < -0.4 is 15.8 Å². The van der Waals surface area contributed by atoms with E-state index in [2.05, 4.69) is 26.0 Å². The molecular weight excluding hydrogens is 349 g/mol. The lowest BCUT2D eigenvalue weighted by molar-refractivity contribution is -0.274. The SMILES string of the molecule is Cc1cc(N)cc(Nc2ccc(Br)cc2OC(F)(F)F)c1. The van der Waals surface area contributed by atoms with Crippen molar-refractivity contribution in [3.8, 4) is 5.75 Å². The molecule has 0 spiro atoms. The second-order valence-corrected chi connectivity index (χ2v) is 5.36. The van der Waals surface area contributed by atoms with Crippen LogP contribution >= 0.6 is 15.9 Å². The fourth-order valence-corrected chi connectivity index (χ4v) is 2.19. The Labute approximate surface area is 128 Å². The molecule has 0 aliphatic carbocycles. The first-order valence-corrected chi connectivity index (χ1v) is 6.72. The highest BCUT2D eigenvalue weighted by Gasteiger charge is 2.32. The number of nitrogens with two attached hydrogens (primary N) is 1. The van der Waals surface area contributed by atoms with E-state index < -0.39 is 6.36 Å². The van der Waals surface area contributed by atoms with E-state index in [4.69, 9.17) is 5.73 Å². The number of nitrogens with one attached hydrogen (secondary N) is 1. The zero-order chi connectivity index (χ0) is 15.6. The minimum Gasteiger partial charge on any atom is -0.404 e. The second kappa shape index (κ2) is 5.85. The van der Waals surface area contributed by atoms with Gasteiger partial charge in [-0.05, 0) is 48.9 Å². The average molecular weight is 361 g/mol. The van der Waals surface area contributed by atoms with Gasteiger partial charge in [-0.15, -0.1) is 13.2 Å². The second-order valence-electron chi connectivity index (χ2n) is 4.45. The standard InChI is InChI=1S/C14H12BrF3N2O/c1-8-4-10(19)7-11(5-8)20-12-3-2-9(15)6-13(12)21-14(16,17)18/h2-7,20H,19H2,1H3. The summed E-state index contributed by atoms with van der Waals surface area (Å²) in [6, 6.07) is 9.52. The summed E-state index contributed by atoms with van der Waals surface area (Å²) in [5, 5.41) is 2.88. The summed E-state index contributed by atoms with van der Waals surface area (Å²) in [6.07, 6.45) is -4.76. The summed E-state index contributed by atoms with van der Waals surface area (Å²) in [6.45, 7) is 1.84. The van der Waals surface area contributed by atoms with Gasteiger partial charge in [0.15, 0.2) is 5.75 Å². The molecule has 0 aliphatic heterocycles. The molecule has 2 aromatic rings. The number of alkyl halides is 3. The molecule has 0 amide bonds. The van der Waals surface area contributed by atoms with Gasteiger partial charge in [-0.25, -0.2) is 0 Å². The van der Waals surface area contributed by atoms with E-state index in [1.54, 1.807) is 24.3 Å². The molecule has 0 aromatic heterocycles. The maximum atomic E-state index is 12.4. The van der Waals surface area contributed by atoms with Crippen LogP contribution in [0.15, 0.2) is 40.9 Å². The molecule has 3 N–H and O–H groups in total. The summed E-state index contributed by atoms with van der Waals surface area (Å²) in [5.41, 5.74) is 7.92. The number of hydrogen-bond donors (Lipinski definition) is 2. The van der Waals surface area contributed by atoms with Crippen LogP contribution in [0.3, 0.4) is 0 Å². The van der Waals surface area contributed by atoms with E-state index >= 15 is 0 Å². The number of ether oxygens (including phenoxy) is 1. The molecule has 2 rings (SSSR count). The molecule has 112 valence electrons. The van der Waals surface area contributed by atoms with E-state index in [9.17, 15) is 13.2 Å². The van der Waals surface area contributed by atoms with Crippen molar-refractivity contribution in [3.63, 3.8) is 0 Å². The summed E-state index contributed by atoms with van der Waals surface area (Å²) in [4.78, 5) is 0. The first-order chi connectivity index (χ1) is 9.73. The van der Waals surface area contributed by atoms with E-state index in [-0.39, 0.29) is 11.4 Å².